The molecule has 0 spiro atoms. The lowest BCUT2D eigenvalue weighted by atomic mass is 9.32. The van der Waals surface area contributed by atoms with Gasteiger partial charge in [0.1, 0.15) is 0 Å². The maximum absolute atomic E-state index is 13.5. The van der Waals surface area contributed by atoms with Crippen molar-refractivity contribution in [3.63, 3.8) is 0 Å². The summed E-state index contributed by atoms with van der Waals surface area (Å²) in [6, 6.07) is 0. The third-order valence-electron chi connectivity index (χ3n) is 13.4. The second-order valence-corrected chi connectivity index (χ2v) is 14.4. The zero-order valence-corrected chi connectivity index (χ0v) is 22.2. The van der Waals surface area contributed by atoms with Crippen molar-refractivity contribution in [1.29, 1.82) is 0 Å². The first-order valence-electron chi connectivity index (χ1n) is 14.0. The zero-order chi connectivity index (χ0) is 24.9. The van der Waals surface area contributed by atoms with E-state index in [4.69, 9.17) is 0 Å². The number of hydrogen-bond acceptors (Lipinski definition) is 3. The van der Waals surface area contributed by atoms with Gasteiger partial charge in [-0.3, -0.25) is 4.79 Å². The molecular weight excluding hydrogens is 424 g/mol. The van der Waals surface area contributed by atoms with E-state index in [-0.39, 0.29) is 34.7 Å². The summed E-state index contributed by atoms with van der Waals surface area (Å²) in [7, 11) is 0. The molecule has 5 unspecified atom stereocenters. The van der Waals surface area contributed by atoms with Gasteiger partial charge in [-0.05, 0) is 117 Å². The van der Waals surface area contributed by atoms with E-state index in [2.05, 4.69) is 41.2 Å². The summed E-state index contributed by atoms with van der Waals surface area (Å²) in [5.74, 6) is 1.09. The van der Waals surface area contributed by atoms with Crippen molar-refractivity contribution in [3.8, 4) is 0 Å². The molecule has 5 aliphatic carbocycles. The Balaban J connectivity index is 1.61. The van der Waals surface area contributed by atoms with Gasteiger partial charge < -0.3 is 15.3 Å². The van der Waals surface area contributed by atoms with E-state index in [1.807, 2.05) is 0 Å². The van der Waals surface area contributed by atoms with Crippen LogP contribution in [0.4, 0.5) is 0 Å². The van der Waals surface area contributed by atoms with Crippen molar-refractivity contribution < 1.29 is 20.1 Å². The molecule has 0 radical (unpaired) electrons. The second kappa shape index (κ2) is 7.57. The molecule has 0 amide bonds. The first-order valence-corrected chi connectivity index (χ1v) is 14.0. The number of allylic oxidation sites excluding steroid dienone is 1. The van der Waals surface area contributed by atoms with E-state index in [0.29, 0.717) is 24.2 Å². The maximum atomic E-state index is 13.5. The van der Waals surface area contributed by atoms with Gasteiger partial charge in [-0.2, -0.15) is 0 Å². The molecule has 34 heavy (non-hydrogen) atoms. The molecule has 5 aliphatic rings. The highest BCUT2D eigenvalue weighted by Crippen LogP contribution is 2.77. The van der Waals surface area contributed by atoms with Crippen LogP contribution in [0.2, 0.25) is 0 Å². The summed E-state index contributed by atoms with van der Waals surface area (Å²) in [6.45, 7) is 15.8. The lowest BCUT2D eigenvalue weighted by Gasteiger charge is -2.72. The van der Waals surface area contributed by atoms with Crippen LogP contribution < -0.4 is 0 Å². The van der Waals surface area contributed by atoms with Crippen molar-refractivity contribution in [2.45, 2.75) is 105 Å². The highest BCUT2D eigenvalue weighted by atomic mass is 16.4. The molecule has 0 aliphatic heterocycles. The topological polar surface area (TPSA) is 77.8 Å². The van der Waals surface area contributed by atoms with Gasteiger partial charge in [0.25, 0.3) is 0 Å². The number of hydrogen-bond donors (Lipinski definition) is 3. The van der Waals surface area contributed by atoms with Crippen LogP contribution in [0.5, 0.6) is 0 Å². The van der Waals surface area contributed by atoms with Gasteiger partial charge in [-0.1, -0.05) is 39.8 Å². The van der Waals surface area contributed by atoms with Gasteiger partial charge in [0.05, 0.1) is 18.1 Å². The summed E-state index contributed by atoms with van der Waals surface area (Å²) in [5.41, 5.74) is 0.0113. The third kappa shape index (κ3) is 2.76. The predicted octanol–water partition coefficient (Wildman–Crippen LogP) is 6.06. The van der Waals surface area contributed by atoms with Crippen molar-refractivity contribution in [2.24, 2.45) is 56.7 Å². The second-order valence-electron chi connectivity index (χ2n) is 14.4. The Morgan fingerprint density at radius 2 is 1.62 bits per heavy atom. The van der Waals surface area contributed by atoms with Gasteiger partial charge in [0, 0.05) is 5.41 Å². The number of rotatable bonds is 3. The number of aliphatic hydroxyl groups is 2. The summed E-state index contributed by atoms with van der Waals surface area (Å²) in [6.07, 6.45) is 9.22. The molecule has 5 fully saturated rings. The van der Waals surface area contributed by atoms with Crippen LogP contribution in [-0.2, 0) is 4.79 Å². The minimum Gasteiger partial charge on any atom is -0.481 e. The van der Waals surface area contributed by atoms with Crippen LogP contribution in [-0.4, -0.2) is 34.0 Å². The number of aliphatic carboxylic acids is 1. The standard InChI is InChI=1S/C30H48O4/c1-18(2)19-9-12-26(3)15-16-30(25(33)34)20(24(19)26)7-8-22-27(4)13-11-23(32)28(5,17-31)21(27)10-14-29(22,30)6/h19-24,31-32H,1,7-17H2,2-6H3,(H,33,34)/t19-,20?,21?,22?,23-,24?,26?,27-,28-,29+,30+/m0/s1. The molecule has 0 saturated heterocycles. The molecule has 5 rings (SSSR count). The Kier molecular flexibility index (Phi) is 5.52. The van der Waals surface area contributed by atoms with Gasteiger partial charge in [-0.15, -0.1) is 0 Å². The van der Waals surface area contributed by atoms with E-state index < -0.39 is 22.9 Å². The number of aliphatic hydroxyl groups excluding tert-OH is 2. The molecule has 3 N–H and O–H groups in total. The van der Waals surface area contributed by atoms with E-state index in [9.17, 15) is 20.1 Å². The number of fused-ring (bicyclic) bond motifs is 7. The van der Waals surface area contributed by atoms with Gasteiger partial charge in [0.15, 0.2) is 0 Å². The zero-order valence-electron chi connectivity index (χ0n) is 22.2. The predicted molar refractivity (Wildman–Crippen MR) is 134 cm³/mol. The van der Waals surface area contributed by atoms with Gasteiger partial charge in [-0.25, -0.2) is 0 Å². The molecule has 192 valence electrons. The largest absolute Gasteiger partial charge is 0.481 e. The third-order valence-corrected chi connectivity index (χ3v) is 13.4. The van der Waals surface area contributed by atoms with Crippen molar-refractivity contribution in [2.75, 3.05) is 6.61 Å². The van der Waals surface area contributed by atoms with Crippen molar-refractivity contribution in [1.82, 2.24) is 0 Å². The monoisotopic (exact) mass is 472 g/mol. The molecule has 11 atom stereocenters. The number of carboxylic acid groups (broad SMARTS) is 1. The lowest BCUT2D eigenvalue weighted by Crippen LogP contribution is -2.69. The van der Waals surface area contributed by atoms with E-state index in [1.165, 1.54) is 12.0 Å². The van der Waals surface area contributed by atoms with Crippen LogP contribution in [0.3, 0.4) is 0 Å². The Morgan fingerprint density at radius 3 is 2.24 bits per heavy atom. The maximum Gasteiger partial charge on any atom is 0.310 e. The first-order chi connectivity index (χ1) is 15.8. The van der Waals surface area contributed by atoms with E-state index >= 15 is 0 Å². The molecule has 0 bridgehead atoms. The molecule has 0 aromatic carbocycles. The first kappa shape index (κ1) is 24.8. The van der Waals surface area contributed by atoms with Crippen molar-refractivity contribution in [3.05, 3.63) is 12.2 Å². The summed E-state index contributed by atoms with van der Waals surface area (Å²) < 4.78 is 0. The van der Waals surface area contributed by atoms with Crippen LogP contribution >= 0.6 is 0 Å². The quantitative estimate of drug-likeness (QED) is 0.436. The lowest BCUT2D eigenvalue weighted by molar-refractivity contribution is -0.258. The molecule has 5 saturated carbocycles. The molecule has 0 heterocycles. The Morgan fingerprint density at radius 1 is 0.912 bits per heavy atom. The molecule has 0 aromatic heterocycles. The van der Waals surface area contributed by atoms with E-state index in [1.54, 1.807) is 0 Å². The average molecular weight is 473 g/mol. The minimum atomic E-state index is -0.683. The Bertz CT molecular complexity index is 883. The Hall–Kier alpha value is -0.870. The Labute approximate surface area is 206 Å². The average Bonchev–Trinajstić information content (AvgIpc) is 3.14. The fourth-order valence-corrected chi connectivity index (χ4v) is 11.7. The fourth-order valence-electron chi connectivity index (χ4n) is 11.7. The number of carbonyl (C=O) groups is 1. The SMILES string of the molecule is C=C(C)[C@@H]1CCC2(C)CC[C@]3(C(=O)O)C(CCC4[C@@]5(C)CC[C@H](O)[C@@](C)(CO)C5CC[C@]43C)C12. The summed E-state index contributed by atoms with van der Waals surface area (Å²) in [4.78, 5) is 13.5. The highest BCUT2D eigenvalue weighted by molar-refractivity contribution is 5.77. The van der Waals surface area contributed by atoms with Crippen LogP contribution in [0.1, 0.15) is 98.8 Å². The molecule has 0 aromatic rings. The molecule has 4 nitrogen and oxygen atoms in total. The fraction of sp³-hybridized carbons (Fsp3) is 0.900. The van der Waals surface area contributed by atoms with E-state index in [0.717, 1.165) is 51.4 Å². The summed E-state index contributed by atoms with van der Waals surface area (Å²) in [5, 5.41) is 32.5. The van der Waals surface area contributed by atoms with Crippen LogP contribution in [0.15, 0.2) is 12.2 Å². The van der Waals surface area contributed by atoms with Crippen LogP contribution in [0, 0.1) is 56.7 Å². The normalized spacial score (nSPS) is 56.6. The molecule has 4 heteroatoms. The van der Waals surface area contributed by atoms with Crippen molar-refractivity contribution >= 4 is 5.97 Å². The molecular formula is C30H48O4. The number of carboxylic acids is 1. The van der Waals surface area contributed by atoms with Gasteiger partial charge >= 0.3 is 5.97 Å². The van der Waals surface area contributed by atoms with Gasteiger partial charge in [0.2, 0.25) is 0 Å². The smallest absolute Gasteiger partial charge is 0.310 e. The van der Waals surface area contributed by atoms with Crippen LogP contribution in [0.25, 0.3) is 0 Å². The minimum absolute atomic E-state index is 0.00523. The summed E-state index contributed by atoms with van der Waals surface area (Å²) >= 11 is 0. The highest BCUT2D eigenvalue weighted by Gasteiger charge is 2.74.